The van der Waals surface area contributed by atoms with Crippen LogP contribution in [0.15, 0.2) is 6.20 Å². The van der Waals surface area contributed by atoms with Gasteiger partial charge in [0.25, 0.3) is 0 Å². The topological polar surface area (TPSA) is 31.4 Å². The maximum Gasteiger partial charge on any atom is 0.574 e. The highest BCUT2D eigenvalue weighted by atomic mass is 35.5. The Kier molecular flexibility index (Phi) is 3.85. The summed E-state index contributed by atoms with van der Waals surface area (Å²) >= 11 is 5.55. The van der Waals surface area contributed by atoms with Crippen LogP contribution < -0.4 is 9.47 Å². The number of ether oxygens (including phenoxy) is 2. The van der Waals surface area contributed by atoms with Crippen LogP contribution in [0.1, 0.15) is 11.1 Å². The second-order valence-corrected chi connectivity index (χ2v) is 3.21. The number of methoxy groups -OCH3 is 1. The van der Waals surface area contributed by atoms with Gasteiger partial charge in [0.1, 0.15) is 5.75 Å². The Morgan fingerprint density at radius 3 is 2.50 bits per heavy atom. The lowest BCUT2D eigenvalue weighted by Gasteiger charge is -2.14. The first-order valence-corrected chi connectivity index (χ1v) is 4.76. The summed E-state index contributed by atoms with van der Waals surface area (Å²) in [5.41, 5.74) is 0.675. The molecular formula is C9H9ClF3NO2. The Morgan fingerprint density at radius 1 is 1.44 bits per heavy atom. The number of hydrogen-bond acceptors (Lipinski definition) is 3. The molecule has 16 heavy (non-hydrogen) atoms. The van der Waals surface area contributed by atoms with Gasteiger partial charge in [-0.05, 0) is 6.92 Å². The summed E-state index contributed by atoms with van der Waals surface area (Å²) in [5, 5.41) is 0. The molecule has 0 spiro atoms. The fraction of sp³-hybridized carbons (Fsp3) is 0.444. The number of nitrogens with zero attached hydrogens (tertiary/aromatic N) is 1. The molecule has 0 amide bonds. The number of aromatic nitrogens is 1. The number of rotatable bonds is 3. The van der Waals surface area contributed by atoms with Gasteiger partial charge in [-0.25, -0.2) is 4.98 Å². The Bertz CT molecular complexity index is 382. The van der Waals surface area contributed by atoms with Crippen LogP contribution >= 0.6 is 11.6 Å². The number of halogens is 4. The molecule has 0 saturated heterocycles. The summed E-state index contributed by atoms with van der Waals surface area (Å²) < 4.78 is 44.8. The van der Waals surface area contributed by atoms with Gasteiger partial charge in [-0.15, -0.1) is 24.8 Å². The smallest absolute Gasteiger partial charge is 0.496 e. The molecule has 90 valence electrons. The minimum atomic E-state index is -4.80. The predicted molar refractivity (Wildman–Crippen MR) is 51.8 cm³/mol. The molecule has 0 unspecified atom stereocenters. The minimum absolute atomic E-state index is 0.0847. The molecule has 0 aromatic carbocycles. The Hall–Kier alpha value is -1.17. The van der Waals surface area contributed by atoms with E-state index in [9.17, 15) is 13.2 Å². The summed E-state index contributed by atoms with van der Waals surface area (Å²) in [6.45, 7) is 1.65. The first-order valence-electron chi connectivity index (χ1n) is 4.23. The molecule has 0 bridgehead atoms. The second-order valence-electron chi connectivity index (χ2n) is 2.94. The highest BCUT2D eigenvalue weighted by Crippen LogP contribution is 2.33. The van der Waals surface area contributed by atoms with E-state index in [1.54, 1.807) is 6.92 Å². The van der Waals surface area contributed by atoms with E-state index in [4.69, 9.17) is 16.3 Å². The summed E-state index contributed by atoms with van der Waals surface area (Å²) in [6.07, 6.45) is -3.57. The number of hydrogen-bond donors (Lipinski definition) is 0. The lowest BCUT2D eigenvalue weighted by Crippen LogP contribution is -2.19. The third-order valence-corrected chi connectivity index (χ3v) is 2.08. The van der Waals surface area contributed by atoms with Gasteiger partial charge in [0, 0.05) is 11.8 Å². The molecule has 0 radical (unpaired) electrons. The van der Waals surface area contributed by atoms with Crippen molar-refractivity contribution in [3.05, 3.63) is 17.3 Å². The first kappa shape index (κ1) is 12.9. The maximum atomic E-state index is 12.0. The fourth-order valence-corrected chi connectivity index (χ4v) is 1.46. The summed E-state index contributed by atoms with van der Waals surface area (Å²) in [7, 11) is 1.34. The summed E-state index contributed by atoms with van der Waals surface area (Å²) in [4.78, 5) is 3.54. The van der Waals surface area contributed by atoms with Crippen LogP contribution in [-0.4, -0.2) is 18.5 Å². The number of pyridine rings is 1. The summed E-state index contributed by atoms with van der Waals surface area (Å²) in [5.74, 6) is -0.502. The second kappa shape index (κ2) is 4.78. The molecule has 3 nitrogen and oxygen atoms in total. The van der Waals surface area contributed by atoms with E-state index in [2.05, 4.69) is 9.72 Å². The lowest BCUT2D eigenvalue weighted by molar-refractivity contribution is -0.276. The molecule has 0 N–H and O–H groups in total. The predicted octanol–water partition coefficient (Wildman–Crippen LogP) is 3.04. The molecule has 1 aromatic rings. The van der Waals surface area contributed by atoms with Crippen molar-refractivity contribution in [2.24, 2.45) is 0 Å². The zero-order valence-electron chi connectivity index (χ0n) is 8.56. The van der Waals surface area contributed by atoms with Crippen LogP contribution in [0, 0.1) is 6.92 Å². The van der Waals surface area contributed by atoms with Crippen LogP contribution in [0.25, 0.3) is 0 Å². The highest BCUT2D eigenvalue weighted by molar-refractivity contribution is 6.17. The third kappa shape index (κ3) is 2.91. The Balaban J connectivity index is 3.19. The molecule has 0 aliphatic heterocycles. The van der Waals surface area contributed by atoms with E-state index < -0.39 is 12.2 Å². The van der Waals surface area contributed by atoms with E-state index in [0.717, 1.165) is 0 Å². The maximum absolute atomic E-state index is 12.0. The molecule has 1 rings (SSSR count). The molecule has 0 aliphatic rings. The third-order valence-electron chi connectivity index (χ3n) is 1.82. The van der Waals surface area contributed by atoms with Gasteiger partial charge in [0.05, 0.1) is 18.6 Å². The van der Waals surface area contributed by atoms with Crippen molar-refractivity contribution >= 4 is 11.6 Å². The molecule has 1 aromatic heterocycles. The number of aryl methyl sites for hydroxylation is 1. The first-order chi connectivity index (χ1) is 7.39. The standard InChI is InChI=1S/C9H9ClF3NO2/c1-5-4-14-8(16-9(11,12)13)6(3-10)7(5)15-2/h4H,3H2,1-2H3. The average molecular weight is 256 g/mol. The van der Waals surface area contributed by atoms with Crippen molar-refractivity contribution in [2.45, 2.75) is 19.2 Å². The van der Waals surface area contributed by atoms with Crippen LogP contribution in [0.2, 0.25) is 0 Å². The van der Waals surface area contributed by atoms with Crippen molar-refractivity contribution in [3.63, 3.8) is 0 Å². The lowest BCUT2D eigenvalue weighted by atomic mass is 10.2. The summed E-state index contributed by atoms with van der Waals surface area (Å²) in [6, 6.07) is 0. The Morgan fingerprint density at radius 2 is 2.06 bits per heavy atom. The van der Waals surface area contributed by atoms with Crippen molar-refractivity contribution < 1.29 is 22.6 Å². The minimum Gasteiger partial charge on any atom is -0.496 e. The van der Waals surface area contributed by atoms with Crippen molar-refractivity contribution in [1.82, 2.24) is 4.98 Å². The molecule has 0 fully saturated rings. The SMILES string of the molecule is COc1c(C)cnc(OC(F)(F)F)c1CCl. The molecule has 1 heterocycles. The van der Waals surface area contributed by atoms with Crippen LogP contribution in [0.3, 0.4) is 0 Å². The highest BCUT2D eigenvalue weighted by Gasteiger charge is 2.33. The van der Waals surface area contributed by atoms with Crippen LogP contribution in [0.5, 0.6) is 11.6 Å². The van der Waals surface area contributed by atoms with Crippen molar-refractivity contribution in [1.29, 1.82) is 0 Å². The van der Waals surface area contributed by atoms with Crippen LogP contribution in [0.4, 0.5) is 13.2 Å². The van der Waals surface area contributed by atoms with E-state index in [1.807, 2.05) is 0 Å². The largest absolute Gasteiger partial charge is 0.574 e. The van der Waals surface area contributed by atoms with Gasteiger partial charge in [-0.3, -0.25) is 0 Å². The molecule has 0 saturated carbocycles. The normalized spacial score (nSPS) is 11.4. The van der Waals surface area contributed by atoms with Gasteiger partial charge in [0.2, 0.25) is 5.88 Å². The van der Waals surface area contributed by atoms with E-state index in [0.29, 0.717) is 5.56 Å². The van der Waals surface area contributed by atoms with Gasteiger partial charge in [0.15, 0.2) is 0 Å². The van der Waals surface area contributed by atoms with Gasteiger partial charge < -0.3 is 9.47 Å². The van der Waals surface area contributed by atoms with E-state index in [-0.39, 0.29) is 17.2 Å². The molecule has 0 atom stereocenters. The van der Waals surface area contributed by atoms with Crippen LogP contribution in [-0.2, 0) is 5.88 Å². The van der Waals surface area contributed by atoms with E-state index in [1.165, 1.54) is 13.3 Å². The Labute approximate surface area is 95.1 Å². The molecule has 0 aliphatic carbocycles. The average Bonchev–Trinajstić information content (AvgIpc) is 2.18. The van der Waals surface area contributed by atoms with Gasteiger partial charge in [-0.2, -0.15) is 0 Å². The number of alkyl halides is 4. The van der Waals surface area contributed by atoms with Crippen molar-refractivity contribution in [2.75, 3.05) is 7.11 Å². The fourth-order valence-electron chi connectivity index (χ4n) is 1.23. The zero-order valence-corrected chi connectivity index (χ0v) is 9.32. The van der Waals surface area contributed by atoms with Gasteiger partial charge in [-0.1, -0.05) is 0 Å². The molecule has 7 heteroatoms. The van der Waals surface area contributed by atoms with Crippen molar-refractivity contribution in [3.8, 4) is 11.6 Å². The quantitative estimate of drug-likeness (QED) is 0.778. The zero-order chi connectivity index (χ0) is 12.3. The van der Waals surface area contributed by atoms with Gasteiger partial charge >= 0.3 is 6.36 Å². The monoisotopic (exact) mass is 255 g/mol. The van der Waals surface area contributed by atoms with E-state index >= 15 is 0 Å². The molecular weight excluding hydrogens is 247 g/mol.